The minimum Gasteiger partial charge on any atom is -0.481 e. The Bertz CT molecular complexity index is 1240. The number of carbonyl (C=O) groups excluding carboxylic acids is 1. The number of carbonyl (C=O) groups is 1. The summed E-state index contributed by atoms with van der Waals surface area (Å²) < 4.78 is 13.6. The van der Waals surface area contributed by atoms with Crippen molar-refractivity contribution in [3.05, 3.63) is 67.1 Å². The van der Waals surface area contributed by atoms with Crippen molar-refractivity contribution in [2.75, 3.05) is 6.61 Å². The highest BCUT2D eigenvalue weighted by molar-refractivity contribution is 9.10. The summed E-state index contributed by atoms with van der Waals surface area (Å²) in [7, 11) is 0. The number of benzene rings is 2. The first-order valence-electron chi connectivity index (χ1n) is 10.0. The zero-order valence-electron chi connectivity index (χ0n) is 18.1. The molecule has 32 heavy (non-hydrogen) atoms. The number of hydrogen-bond donors (Lipinski definition) is 0. The van der Waals surface area contributed by atoms with Crippen molar-refractivity contribution in [1.82, 2.24) is 9.66 Å². The average molecular weight is 565 g/mol. The van der Waals surface area contributed by atoms with Crippen LogP contribution in [0.2, 0.25) is 0 Å². The topological polar surface area (TPSA) is 82.8 Å². The quantitative estimate of drug-likeness (QED) is 0.289. The molecule has 0 aliphatic rings. The van der Waals surface area contributed by atoms with Gasteiger partial charge in [0.25, 0.3) is 5.56 Å². The third kappa shape index (κ3) is 5.83. The number of aromatic nitrogens is 2. The van der Waals surface area contributed by atoms with Crippen LogP contribution in [0.5, 0.6) is 5.75 Å². The van der Waals surface area contributed by atoms with Gasteiger partial charge in [0.15, 0.2) is 6.61 Å². The average Bonchev–Trinajstić information content (AvgIpc) is 2.72. The molecule has 3 rings (SSSR count). The lowest BCUT2D eigenvalue weighted by Gasteiger charge is -2.13. The third-order valence-corrected chi connectivity index (χ3v) is 5.33. The first kappa shape index (κ1) is 24.1. The maximum Gasteiger partial charge on any atom is 0.344 e. The SMILES string of the molecule is CC(C)OC(=O)COc1ccc(Br)cc1C=Nn1c(C(C)C)nc2ccc(Br)cc2c1=O. The maximum atomic E-state index is 13.2. The Morgan fingerprint density at radius 1 is 1.12 bits per heavy atom. The number of rotatable bonds is 7. The monoisotopic (exact) mass is 563 g/mol. The van der Waals surface area contributed by atoms with E-state index in [0.717, 1.165) is 8.95 Å². The molecule has 0 unspecified atom stereocenters. The van der Waals surface area contributed by atoms with Crippen LogP contribution in [0.25, 0.3) is 10.9 Å². The van der Waals surface area contributed by atoms with Crippen molar-refractivity contribution in [2.45, 2.75) is 39.7 Å². The Morgan fingerprint density at radius 3 is 2.50 bits per heavy atom. The predicted molar refractivity (Wildman–Crippen MR) is 132 cm³/mol. The molecule has 0 spiro atoms. The molecule has 0 atom stereocenters. The van der Waals surface area contributed by atoms with Crippen LogP contribution in [0.3, 0.4) is 0 Å². The molecule has 0 aliphatic carbocycles. The summed E-state index contributed by atoms with van der Waals surface area (Å²) >= 11 is 6.83. The molecule has 0 N–H and O–H groups in total. The second-order valence-corrected chi connectivity index (χ2v) is 9.49. The Labute approximate surface area is 202 Å². The van der Waals surface area contributed by atoms with Crippen LogP contribution in [0, 0.1) is 0 Å². The highest BCUT2D eigenvalue weighted by atomic mass is 79.9. The third-order valence-electron chi connectivity index (χ3n) is 4.35. The second-order valence-electron chi connectivity index (χ2n) is 7.66. The Morgan fingerprint density at radius 2 is 1.81 bits per heavy atom. The number of nitrogens with zero attached hydrogens (tertiary/aromatic N) is 3. The van der Waals surface area contributed by atoms with Crippen LogP contribution in [0.4, 0.5) is 0 Å². The van der Waals surface area contributed by atoms with E-state index in [1.807, 2.05) is 19.9 Å². The first-order valence-corrected chi connectivity index (χ1v) is 11.6. The van der Waals surface area contributed by atoms with Gasteiger partial charge >= 0.3 is 5.97 Å². The van der Waals surface area contributed by atoms with Gasteiger partial charge in [-0.2, -0.15) is 9.78 Å². The molecule has 3 aromatic rings. The molecule has 168 valence electrons. The van der Waals surface area contributed by atoms with Gasteiger partial charge in [-0.25, -0.2) is 9.78 Å². The van der Waals surface area contributed by atoms with Crippen LogP contribution in [-0.2, 0) is 9.53 Å². The van der Waals surface area contributed by atoms with Crippen LogP contribution in [0.1, 0.15) is 45.0 Å². The Balaban J connectivity index is 2.01. The molecule has 9 heteroatoms. The lowest BCUT2D eigenvalue weighted by Crippen LogP contribution is -2.23. The smallest absolute Gasteiger partial charge is 0.344 e. The van der Waals surface area contributed by atoms with Gasteiger partial charge < -0.3 is 9.47 Å². The molecule has 0 aliphatic heterocycles. The summed E-state index contributed by atoms with van der Waals surface area (Å²) in [6, 6.07) is 10.7. The molecule has 1 heterocycles. The minimum atomic E-state index is -0.464. The minimum absolute atomic E-state index is 0.0306. The standard InChI is InChI=1S/C23H23Br2N3O4/c1-13(2)22-27-19-7-5-17(25)10-18(19)23(30)28(22)26-11-15-9-16(24)6-8-20(15)31-12-21(29)32-14(3)4/h5-11,13-14H,12H2,1-4H3. The van der Waals surface area contributed by atoms with Gasteiger partial charge in [0.2, 0.25) is 0 Å². The van der Waals surface area contributed by atoms with Gasteiger partial charge in [0.05, 0.1) is 23.2 Å². The summed E-state index contributed by atoms with van der Waals surface area (Å²) in [6.45, 7) is 7.22. The molecule has 1 aromatic heterocycles. The molecule has 0 amide bonds. The zero-order valence-corrected chi connectivity index (χ0v) is 21.3. The molecule has 0 saturated carbocycles. The summed E-state index contributed by atoms with van der Waals surface area (Å²) in [5.74, 6) is 0.484. The van der Waals surface area contributed by atoms with E-state index < -0.39 is 5.97 Å². The fourth-order valence-electron chi connectivity index (χ4n) is 2.96. The van der Waals surface area contributed by atoms with E-state index in [2.05, 4.69) is 41.9 Å². The molecule has 0 fully saturated rings. The molecule has 2 aromatic carbocycles. The van der Waals surface area contributed by atoms with Crippen LogP contribution in [-0.4, -0.2) is 34.6 Å². The van der Waals surface area contributed by atoms with E-state index >= 15 is 0 Å². The molecule has 7 nitrogen and oxygen atoms in total. The molecular weight excluding hydrogens is 542 g/mol. The molecular formula is C23H23Br2N3O4. The van der Waals surface area contributed by atoms with Crippen molar-refractivity contribution in [1.29, 1.82) is 0 Å². The highest BCUT2D eigenvalue weighted by Gasteiger charge is 2.14. The number of halogens is 2. The summed E-state index contributed by atoms with van der Waals surface area (Å²) in [5.41, 5.74) is 0.936. The van der Waals surface area contributed by atoms with Crippen LogP contribution in [0.15, 0.2) is 55.2 Å². The van der Waals surface area contributed by atoms with Gasteiger partial charge in [-0.05, 0) is 50.2 Å². The number of esters is 1. The van der Waals surface area contributed by atoms with E-state index in [1.165, 1.54) is 10.9 Å². The van der Waals surface area contributed by atoms with Crippen LogP contribution < -0.4 is 10.3 Å². The van der Waals surface area contributed by atoms with E-state index in [0.29, 0.717) is 28.0 Å². The van der Waals surface area contributed by atoms with Gasteiger partial charge in [-0.3, -0.25) is 4.79 Å². The summed E-state index contributed by atoms with van der Waals surface area (Å²) in [4.78, 5) is 29.7. The van der Waals surface area contributed by atoms with E-state index in [9.17, 15) is 9.59 Å². The van der Waals surface area contributed by atoms with Crippen molar-refractivity contribution in [3.8, 4) is 5.75 Å². The Hall–Kier alpha value is -2.52. The number of fused-ring (bicyclic) bond motifs is 1. The van der Waals surface area contributed by atoms with Crippen molar-refractivity contribution in [2.24, 2.45) is 5.10 Å². The van der Waals surface area contributed by atoms with E-state index in [4.69, 9.17) is 9.47 Å². The molecule has 0 bridgehead atoms. The van der Waals surface area contributed by atoms with E-state index in [1.54, 1.807) is 44.2 Å². The maximum absolute atomic E-state index is 13.2. The second kappa shape index (κ2) is 10.4. The fourth-order valence-corrected chi connectivity index (χ4v) is 3.70. The van der Waals surface area contributed by atoms with Gasteiger partial charge in [-0.1, -0.05) is 45.7 Å². The van der Waals surface area contributed by atoms with Gasteiger partial charge in [0, 0.05) is 20.4 Å². The first-order chi connectivity index (χ1) is 15.2. The van der Waals surface area contributed by atoms with Gasteiger partial charge in [0.1, 0.15) is 11.6 Å². The lowest BCUT2D eigenvalue weighted by atomic mass is 10.2. The van der Waals surface area contributed by atoms with E-state index in [-0.39, 0.29) is 24.2 Å². The Kier molecular flexibility index (Phi) is 7.84. The fraction of sp³-hybridized carbons (Fsp3) is 0.304. The van der Waals surface area contributed by atoms with Crippen molar-refractivity contribution < 1.29 is 14.3 Å². The summed E-state index contributed by atoms with van der Waals surface area (Å²) in [6.07, 6.45) is 1.30. The van der Waals surface area contributed by atoms with Crippen molar-refractivity contribution in [3.63, 3.8) is 0 Å². The summed E-state index contributed by atoms with van der Waals surface area (Å²) in [5, 5.41) is 4.90. The predicted octanol–water partition coefficient (Wildman–Crippen LogP) is 5.26. The zero-order chi connectivity index (χ0) is 23.4. The number of hydrogen-bond acceptors (Lipinski definition) is 6. The largest absolute Gasteiger partial charge is 0.481 e. The van der Waals surface area contributed by atoms with Crippen LogP contribution >= 0.6 is 31.9 Å². The number of ether oxygens (including phenoxy) is 2. The molecule has 0 radical (unpaired) electrons. The lowest BCUT2D eigenvalue weighted by molar-refractivity contribution is -0.149. The highest BCUT2D eigenvalue weighted by Crippen LogP contribution is 2.23. The van der Waals surface area contributed by atoms with Crippen molar-refractivity contribution >= 4 is 54.9 Å². The van der Waals surface area contributed by atoms with Gasteiger partial charge in [-0.15, -0.1) is 0 Å². The molecule has 0 saturated heterocycles. The normalized spacial score (nSPS) is 11.6.